The third-order valence-electron chi connectivity index (χ3n) is 3.07. The number of nitro groups is 1. The molecule has 1 fully saturated rings. The maximum Gasteiger partial charge on any atom is 0.269 e. The highest BCUT2D eigenvalue weighted by atomic mass is 35.5. The van der Waals surface area contributed by atoms with E-state index < -0.39 is 4.92 Å². The van der Waals surface area contributed by atoms with Gasteiger partial charge in [-0.05, 0) is 5.56 Å². The molecule has 0 aromatic heterocycles. The van der Waals surface area contributed by atoms with Crippen LogP contribution >= 0.6 is 12.4 Å². The van der Waals surface area contributed by atoms with Crippen LogP contribution in [0, 0.1) is 10.1 Å². The smallest absolute Gasteiger partial charge is 0.269 e. The molecule has 0 radical (unpaired) electrons. The Kier molecular flexibility index (Phi) is 7.07. The lowest BCUT2D eigenvalue weighted by Crippen LogP contribution is -2.44. The van der Waals surface area contributed by atoms with E-state index in [4.69, 9.17) is 4.74 Å². The third kappa shape index (κ3) is 5.66. The zero-order valence-electron chi connectivity index (χ0n) is 11.4. The lowest BCUT2D eigenvalue weighted by molar-refractivity contribution is -0.384. The molecule has 2 rings (SSSR count). The molecule has 0 spiro atoms. The van der Waals surface area contributed by atoms with Gasteiger partial charge in [0.05, 0.1) is 18.1 Å². The molecule has 1 aliphatic rings. The molecule has 1 atom stereocenters. The fraction of sp³-hybridized carbons (Fsp3) is 0.462. The largest absolute Gasteiger partial charge is 0.378 e. The predicted molar refractivity (Wildman–Crippen MR) is 79.4 cm³/mol. The number of morpholine rings is 1. The SMILES string of the molecule is Cl.O=C(CC1COCCN1)NCc1ccc([N+](=O)[O-])cc1. The van der Waals surface area contributed by atoms with Gasteiger partial charge in [0, 0.05) is 37.7 Å². The standard InChI is InChI=1S/C13H17N3O4.ClH/c17-13(7-11-9-20-6-5-14-11)15-8-10-1-3-12(4-2-10)16(18)19;/h1-4,11,14H,5-9H2,(H,15,17);1H. The lowest BCUT2D eigenvalue weighted by Gasteiger charge is -2.23. The maximum atomic E-state index is 11.7. The van der Waals surface area contributed by atoms with Crippen LogP contribution in [0.25, 0.3) is 0 Å². The van der Waals surface area contributed by atoms with E-state index in [-0.39, 0.29) is 30.0 Å². The third-order valence-corrected chi connectivity index (χ3v) is 3.07. The van der Waals surface area contributed by atoms with E-state index in [0.717, 1.165) is 12.1 Å². The summed E-state index contributed by atoms with van der Waals surface area (Å²) in [5, 5.41) is 16.5. The number of hydrogen-bond donors (Lipinski definition) is 2. The van der Waals surface area contributed by atoms with Crippen molar-refractivity contribution in [1.29, 1.82) is 0 Å². The topological polar surface area (TPSA) is 93.5 Å². The van der Waals surface area contributed by atoms with Crippen LogP contribution in [0.15, 0.2) is 24.3 Å². The van der Waals surface area contributed by atoms with Crippen LogP contribution in [0.5, 0.6) is 0 Å². The highest BCUT2D eigenvalue weighted by molar-refractivity contribution is 5.85. The van der Waals surface area contributed by atoms with Crippen LogP contribution in [0.2, 0.25) is 0 Å². The number of ether oxygens (including phenoxy) is 1. The number of nitro benzene ring substituents is 1. The number of non-ortho nitro benzene ring substituents is 1. The van der Waals surface area contributed by atoms with E-state index in [1.807, 2.05) is 0 Å². The van der Waals surface area contributed by atoms with Crippen LogP contribution in [0.1, 0.15) is 12.0 Å². The number of carbonyl (C=O) groups is 1. The number of halogens is 1. The molecule has 0 bridgehead atoms. The Morgan fingerprint density at radius 2 is 2.14 bits per heavy atom. The summed E-state index contributed by atoms with van der Waals surface area (Å²) in [5.74, 6) is -0.0636. The Morgan fingerprint density at radius 3 is 2.71 bits per heavy atom. The van der Waals surface area contributed by atoms with Gasteiger partial charge >= 0.3 is 0 Å². The van der Waals surface area contributed by atoms with E-state index >= 15 is 0 Å². The van der Waals surface area contributed by atoms with Crippen molar-refractivity contribution in [1.82, 2.24) is 10.6 Å². The fourth-order valence-electron chi connectivity index (χ4n) is 1.98. The average Bonchev–Trinajstić information content (AvgIpc) is 2.46. The van der Waals surface area contributed by atoms with Crippen LogP contribution in [0.4, 0.5) is 5.69 Å². The summed E-state index contributed by atoms with van der Waals surface area (Å²) in [6, 6.07) is 6.19. The van der Waals surface area contributed by atoms with Crippen molar-refractivity contribution in [2.75, 3.05) is 19.8 Å². The molecule has 1 saturated heterocycles. The van der Waals surface area contributed by atoms with Crippen LogP contribution in [-0.4, -0.2) is 36.6 Å². The molecular formula is C13H18ClN3O4. The Bertz CT molecular complexity index is 475. The first kappa shape index (κ1) is 17.4. The average molecular weight is 316 g/mol. The van der Waals surface area contributed by atoms with Crippen LogP contribution in [0.3, 0.4) is 0 Å². The first-order chi connectivity index (χ1) is 9.65. The van der Waals surface area contributed by atoms with Crippen molar-refractivity contribution >= 4 is 24.0 Å². The molecule has 1 aliphatic heterocycles. The monoisotopic (exact) mass is 315 g/mol. The van der Waals surface area contributed by atoms with Gasteiger partial charge in [0.15, 0.2) is 0 Å². The Labute approximate surface area is 128 Å². The molecule has 116 valence electrons. The normalized spacial score (nSPS) is 17.6. The van der Waals surface area contributed by atoms with E-state index in [1.54, 1.807) is 12.1 Å². The quantitative estimate of drug-likeness (QED) is 0.625. The minimum atomic E-state index is -0.447. The zero-order valence-corrected chi connectivity index (χ0v) is 12.2. The van der Waals surface area contributed by atoms with Gasteiger partial charge in [-0.1, -0.05) is 12.1 Å². The minimum Gasteiger partial charge on any atom is -0.378 e. The van der Waals surface area contributed by atoms with Crippen molar-refractivity contribution in [3.8, 4) is 0 Å². The molecule has 1 amide bonds. The molecule has 7 nitrogen and oxygen atoms in total. The van der Waals surface area contributed by atoms with Crippen LogP contribution in [-0.2, 0) is 16.1 Å². The Morgan fingerprint density at radius 1 is 1.43 bits per heavy atom. The maximum absolute atomic E-state index is 11.7. The summed E-state index contributed by atoms with van der Waals surface area (Å²) in [6.45, 7) is 2.36. The Balaban J connectivity index is 0.00000220. The van der Waals surface area contributed by atoms with Gasteiger partial charge < -0.3 is 15.4 Å². The second kappa shape index (κ2) is 8.56. The summed E-state index contributed by atoms with van der Waals surface area (Å²) in [5.41, 5.74) is 0.875. The van der Waals surface area contributed by atoms with Crippen molar-refractivity contribution in [3.05, 3.63) is 39.9 Å². The van der Waals surface area contributed by atoms with E-state index in [9.17, 15) is 14.9 Å². The van der Waals surface area contributed by atoms with Crippen molar-refractivity contribution in [2.45, 2.75) is 19.0 Å². The number of nitrogens with zero attached hydrogens (tertiary/aromatic N) is 1. The molecule has 8 heteroatoms. The summed E-state index contributed by atoms with van der Waals surface area (Å²) in [6.07, 6.45) is 0.368. The zero-order chi connectivity index (χ0) is 14.4. The number of rotatable bonds is 5. The summed E-state index contributed by atoms with van der Waals surface area (Å²) in [4.78, 5) is 21.8. The molecule has 1 heterocycles. The van der Waals surface area contributed by atoms with Crippen molar-refractivity contribution in [2.24, 2.45) is 0 Å². The van der Waals surface area contributed by atoms with Gasteiger partial charge in [0.2, 0.25) is 5.91 Å². The molecule has 21 heavy (non-hydrogen) atoms. The van der Waals surface area contributed by atoms with E-state index in [1.165, 1.54) is 12.1 Å². The molecule has 1 aromatic carbocycles. The van der Waals surface area contributed by atoms with Gasteiger partial charge in [0.25, 0.3) is 5.69 Å². The highest BCUT2D eigenvalue weighted by Gasteiger charge is 2.16. The molecule has 2 N–H and O–H groups in total. The van der Waals surface area contributed by atoms with Gasteiger partial charge in [-0.2, -0.15) is 0 Å². The van der Waals surface area contributed by atoms with Gasteiger partial charge in [-0.3, -0.25) is 14.9 Å². The lowest BCUT2D eigenvalue weighted by atomic mass is 10.1. The molecule has 0 saturated carbocycles. The number of carbonyl (C=O) groups excluding carboxylic acids is 1. The number of benzene rings is 1. The molecular weight excluding hydrogens is 298 g/mol. The second-order valence-corrected chi connectivity index (χ2v) is 4.63. The van der Waals surface area contributed by atoms with E-state index in [0.29, 0.717) is 26.2 Å². The first-order valence-corrected chi connectivity index (χ1v) is 6.46. The number of nitrogens with one attached hydrogen (secondary N) is 2. The number of hydrogen-bond acceptors (Lipinski definition) is 5. The van der Waals surface area contributed by atoms with E-state index in [2.05, 4.69) is 10.6 Å². The van der Waals surface area contributed by atoms with Gasteiger partial charge in [0.1, 0.15) is 0 Å². The first-order valence-electron chi connectivity index (χ1n) is 6.46. The second-order valence-electron chi connectivity index (χ2n) is 4.63. The van der Waals surface area contributed by atoms with Crippen molar-refractivity contribution < 1.29 is 14.5 Å². The summed E-state index contributed by atoms with van der Waals surface area (Å²) in [7, 11) is 0. The van der Waals surface area contributed by atoms with Crippen molar-refractivity contribution in [3.63, 3.8) is 0 Å². The summed E-state index contributed by atoms with van der Waals surface area (Å²) < 4.78 is 5.27. The van der Waals surface area contributed by atoms with Gasteiger partial charge in [-0.15, -0.1) is 12.4 Å². The molecule has 1 unspecified atom stereocenters. The van der Waals surface area contributed by atoms with Gasteiger partial charge in [-0.25, -0.2) is 0 Å². The molecule has 0 aliphatic carbocycles. The highest BCUT2D eigenvalue weighted by Crippen LogP contribution is 2.11. The predicted octanol–water partition coefficient (Wildman–Crippen LogP) is 1.01. The Hall–Kier alpha value is -1.70. The number of amides is 1. The minimum absolute atomic E-state index is 0. The van der Waals surface area contributed by atoms with Crippen LogP contribution < -0.4 is 10.6 Å². The molecule has 1 aromatic rings. The summed E-state index contributed by atoms with van der Waals surface area (Å²) >= 11 is 0. The fourth-order valence-corrected chi connectivity index (χ4v) is 1.98.